The van der Waals surface area contributed by atoms with Crippen LogP contribution in [0.3, 0.4) is 0 Å². The van der Waals surface area contributed by atoms with Crippen molar-refractivity contribution in [2.45, 2.75) is 31.7 Å². The van der Waals surface area contributed by atoms with Gasteiger partial charge in [-0.25, -0.2) is 13.2 Å². The molecular formula is C20H25N3O4S. The van der Waals surface area contributed by atoms with Gasteiger partial charge in [0.25, 0.3) is 0 Å². The summed E-state index contributed by atoms with van der Waals surface area (Å²) in [6, 6.07) is 6.67. The van der Waals surface area contributed by atoms with Gasteiger partial charge in [-0.2, -0.15) is 4.31 Å². The number of hydrogen-bond donors (Lipinski definition) is 1. The standard InChI is InChI=1S/C20H25N3O4S/c1-13(2)14(3)21-20(24)22-9-16-11-23(12-17(16)10-22)28(25,26)18-4-5-19-15(8-18)6-7-27-19/h4-8,13-14H,9-12H2,1-3H3,(H,21,24)/t14-/m1/s1. The zero-order valence-electron chi connectivity index (χ0n) is 16.3. The predicted molar refractivity (Wildman–Crippen MR) is 106 cm³/mol. The molecule has 0 unspecified atom stereocenters. The number of carbonyl (C=O) groups is 1. The van der Waals surface area contributed by atoms with Crippen LogP contribution in [0.5, 0.6) is 0 Å². The summed E-state index contributed by atoms with van der Waals surface area (Å²) >= 11 is 0. The Kier molecular flexibility index (Phi) is 4.71. The van der Waals surface area contributed by atoms with E-state index in [2.05, 4.69) is 19.2 Å². The van der Waals surface area contributed by atoms with Gasteiger partial charge in [0.1, 0.15) is 5.58 Å². The Morgan fingerprint density at radius 2 is 1.75 bits per heavy atom. The molecule has 1 aromatic heterocycles. The van der Waals surface area contributed by atoms with E-state index < -0.39 is 10.0 Å². The number of nitrogens with zero attached hydrogens (tertiary/aromatic N) is 2. The number of sulfonamides is 1. The third-order valence-electron chi connectivity index (χ3n) is 5.70. The SMILES string of the molecule is CC(C)[C@@H](C)NC(=O)N1CC2=C(C1)CN(S(=O)(=O)c1ccc3occc3c1)C2. The molecule has 3 heterocycles. The summed E-state index contributed by atoms with van der Waals surface area (Å²) in [5, 5.41) is 3.78. The third kappa shape index (κ3) is 3.31. The molecular weight excluding hydrogens is 378 g/mol. The van der Waals surface area contributed by atoms with Gasteiger partial charge in [-0.05, 0) is 48.3 Å². The molecule has 150 valence electrons. The highest BCUT2D eigenvalue weighted by atomic mass is 32.2. The van der Waals surface area contributed by atoms with Gasteiger partial charge in [0.2, 0.25) is 10.0 Å². The normalized spacial score (nSPS) is 18.9. The number of amides is 2. The van der Waals surface area contributed by atoms with E-state index in [0.29, 0.717) is 37.7 Å². The first-order valence-corrected chi connectivity index (χ1v) is 10.9. The molecule has 2 aromatic rings. The summed E-state index contributed by atoms with van der Waals surface area (Å²) in [5.74, 6) is 0.361. The molecule has 1 atom stereocenters. The molecule has 7 nitrogen and oxygen atoms in total. The molecule has 0 radical (unpaired) electrons. The Balaban J connectivity index is 1.43. The average Bonchev–Trinajstić information content (AvgIpc) is 3.34. The second-order valence-corrected chi connectivity index (χ2v) is 9.88. The van der Waals surface area contributed by atoms with Gasteiger partial charge >= 0.3 is 6.03 Å². The minimum atomic E-state index is -3.59. The van der Waals surface area contributed by atoms with Crippen LogP contribution < -0.4 is 5.32 Å². The summed E-state index contributed by atoms with van der Waals surface area (Å²) in [6.07, 6.45) is 1.55. The van der Waals surface area contributed by atoms with Crippen LogP contribution in [0, 0.1) is 5.92 Å². The lowest BCUT2D eigenvalue weighted by atomic mass is 10.1. The van der Waals surface area contributed by atoms with Crippen molar-refractivity contribution in [3.63, 3.8) is 0 Å². The Bertz CT molecular complexity index is 1040. The fourth-order valence-electron chi connectivity index (χ4n) is 3.57. The van der Waals surface area contributed by atoms with Crippen molar-refractivity contribution in [3.05, 3.63) is 41.7 Å². The highest BCUT2D eigenvalue weighted by Crippen LogP contribution is 2.31. The highest BCUT2D eigenvalue weighted by molar-refractivity contribution is 7.89. The minimum absolute atomic E-state index is 0.0876. The molecule has 28 heavy (non-hydrogen) atoms. The van der Waals surface area contributed by atoms with Gasteiger partial charge in [-0.3, -0.25) is 0 Å². The van der Waals surface area contributed by atoms with Crippen molar-refractivity contribution in [2.75, 3.05) is 26.2 Å². The Morgan fingerprint density at radius 3 is 2.39 bits per heavy atom. The van der Waals surface area contributed by atoms with Gasteiger partial charge in [0, 0.05) is 37.6 Å². The molecule has 8 heteroatoms. The van der Waals surface area contributed by atoms with Crippen LogP contribution >= 0.6 is 0 Å². The fraction of sp³-hybridized carbons (Fsp3) is 0.450. The minimum Gasteiger partial charge on any atom is -0.464 e. The van der Waals surface area contributed by atoms with E-state index in [0.717, 1.165) is 16.5 Å². The Labute approximate surface area is 165 Å². The third-order valence-corrected chi connectivity index (χ3v) is 7.49. The molecule has 0 aliphatic carbocycles. The second-order valence-electron chi connectivity index (χ2n) is 7.94. The molecule has 2 aliphatic rings. The summed E-state index contributed by atoms with van der Waals surface area (Å²) in [4.78, 5) is 14.5. The van der Waals surface area contributed by atoms with Gasteiger partial charge in [-0.1, -0.05) is 13.8 Å². The molecule has 2 aliphatic heterocycles. The van der Waals surface area contributed by atoms with Crippen LogP contribution in [0.4, 0.5) is 4.79 Å². The molecule has 0 bridgehead atoms. The molecule has 0 spiro atoms. The largest absolute Gasteiger partial charge is 0.464 e. The van der Waals surface area contributed by atoms with Crippen LogP contribution in [0.25, 0.3) is 11.0 Å². The lowest BCUT2D eigenvalue weighted by Crippen LogP contribution is -2.46. The van der Waals surface area contributed by atoms with Gasteiger partial charge < -0.3 is 14.6 Å². The first-order valence-electron chi connectivity index (χ1n) is 9.48. The zero-order chi connectivity index (χ0) is 20.1. The van der Waals surface area contributed by atoms with E-state index in [4.69, 9.17) is 4.42 Å². The number of furan rings is 1. The number of carbonyl (C=O) groups excluding carboxylic acids is 1. The van der Waals surface area contributed by atoms with E-state index in [1.807, 2.05) is 6.92 Å². The summed E-state index contributed by atoms with van der Waals surface area (Å²) < 4.78 is 32.9. The predicted octanol–water partition coefficient (Wildman–Crippen LogP) is 2.80. The van der Waals surface area contributed by atoms with Crippen LogP contribution in [0.15, 0.2) is 51.0 Å². The quantitative estimate of drug-likeness (QED) is 0.796. The van der Waals surface area contributed by atoms with E-state index in [1.165, 1.54) is 4.31 Å². The second kappa shape index (κ2) is 6.93. The number of nitrogens with one attached hydrogen (secondary N) is 1. The molecule has 1 N–H and O–H groups in total. The molecule has 2 amide bonds. The summed E-state index contributed by atoms with van der Waals surface area (Å²) in [6.45, 7) is 7.77. The first-order chi connectivity index (χ1) is 13.3. The number of fused-ring (bicyclic) bond motifs is 1. The number of benzene rings is 1. The Morgan fingerprint density at radius 1 is 1.07 bits per heavy atom. The number of rotatable bonds is 4. The van der Waals surface area contributed by atoms with Crippen LogP contribution in [0.1, 0.15) is 20.8 Å². The van der Waals surface area contributed by atoms with Gasteiger partial charge in [0.15, 0.2) is 0 Å². The average molecular weight is 404 g/mol. The van der Waals surface area contributed by atoms with Gasteiger partial charge in [0.05, 0.1) is 11.2 Å². The van der Waals surface area contributed by atoms with Crippen LogP contribution in [-0.4, -0.2) is 55.9 Å². The van der Waals surface area contributed by atoms with Crippen molar-refractivity contribution >= 4 is 27.0 Å². The van der Waals surface area contributed by atoms with Crippen molar-refractivity contribution < 1.29 is 17.6 Å². The van der Waals surface area contributed by atoms with E-state index >= 15 is 0 Å². The van der Waals surface area contributed by atoms with Crippen LogP contribution in [-0.2, 0) is 10.0 Å². The highest BCUT2D eigenvalue weighted by Gasteiger charge is 2.37. The van der Waals surface area contributed by atoms with Crippen molar-refractivity contribution in [1.29, 1.82) is 0 Å². The summed E-state index contributed by atoms with van der Waals surface area (Å²) in [7, 11) is -3.59. The maximum Gasteiger partial charge on any atom is 0.318 e. The lowest BCUT2D eigenvalue weighted by Gasteiger charge is -2.25. The zero-order valence-corrected chi connectivity index (χ0v) is 17.1. The van der Waals surface area contributed by atoms with E-state index in [1.54, 1.807) is 35.4 Å². The van der Waals surface area contributed by atoms with Crippen molar-refractivity contribution in [1.82, 2.24) is 14.5 Å². The van der Waals surface area contributed by atoms with E-state index in [9.17, 15) is 13.2 Å². The molecule has 0 fully saturated rings. The first kappa shape index (κ1) is 19.0. The van der Waals surface area contributed by atoms with Gasteiger partial charge in [-0.15, -0.1) is 0 Å². The van der Waals surface area contributed by atoms with Crippen molar-refractivity contribution in [2.24, 2.45) is 5.92 Å². The molecule has 4 rings (SSSR count). The molecule has 0 saturated carbocycles. The van der Waals surface area contributed by atoms with Crippen LogP contribution in [0.2, 0.25) is 0 Å². The number of hydrogen-bond acceptors (Lipinski definition) is 4. The Hall–Kier alpha value is -2.32. The van der Waals surface area contributed by atoms with E-state index in [-0.39, 0.29) is 17.0 Å². The van der Waals surface area contributed by atoms with Crippen molar-refractivity contribution in [3.8, 4) is 0 Å². The maximum absolute atomic E-state index is 13.0. The monoisotopic (exact) mass is 403 g/mol. The molecule has 1 aromatic carbocycles. The lowest BCUT2D eigenvalue weighted by molar-refractivity contribution is 0.201. The topological polar surface area (TPSA) is 82.9 Å². The summed E-state index contributed by atoms with van der Waals surface area (Å²) in [5.41, 5.74) is 2.72. The number of urea groups is 1. The smallest absolute Gasteiger partial charge is 0.318 e. The maximum atomic E-state index is 13.0. The fourth-order valence-corrected chi connectivity index (χ4v) is 5.03. The molecule has 0 saturated heterocycles.